The van der Waals surface area contributed by atoms with Gasteiger partial charge in [-0.3, -0.25) is 4.79 Å². The largest absolute Gasteiger partial charge is 0.504 e. The fourth-order valence-electron chi connectivity index (χ4n) is 2.76. The first-order valence-electron chi connectivity index (χ1n) is 8.54. The number of nitrogens with one attached hydrogen (secondary N) is 1. The van der Waals surface area contributed by atoms with Gasteiger partial charge in [-0.05, 0) is 40.8 Å². The van der Waals surface area contributed by atoms with Crippen LogP contribution in [0.25, 0.3) is 11.1 Å². The second kappa shape index (κ2) is 8.21. The van der Waals surface area contributed by atoms with Crippen molar-refractivity contribution in [1.29, 1.82) is 0 Å². The topological polar surface area (TPSA) is 69.6 Å². The van der Waals surface area contributed by atoms with Crippen molar-refractivity contribution in [3.63, 3.8) is 0 Å². The van der Waals surface area contributed by atoms with E-state index in [1.807, 2.05) is 42.5 Å². The number of benzene rings is 3. The average Bonchev–Trinajstić information content (AvgIpc) is 2.66. The van der Waals surface area contributed by atoms with E-state index >= 15 is 0 Å². The highest BCUT2D eigenvalue weighted by Gasteiger charge is 2.05. The minimum Gasteiger partial charge on any atom is -0.504 e. The minimum atomic E-state index is -0.146. The van der Waals surface area contributed by atoms with E-state index in [1.165, 1.54) is 12.1 Å². The highest BCUT2D eigenvalue weighted by molar-refractivity contribution is 5.78. The van der Waals surface area contributed by atoms with Gasteiger partial charge >= 0.3 is 0 Å². The van der Waals surface area contributed by atoms with Gasteiger partial charge < -0.3 is 15.5 Å². The highest BCUT2D eigenvalue weighted by atomic mass is 16.3. The normalized spacial score (nSPS) is 10.5. The van der Waals surface area contributed by atoms with Crippen LogP contribution in [0.2, 0.25) is 0 Å². The standard InChI is InChI=1S/C22H21NO3/c24-20-11-8-17(14-21(20)25)12-13-23-22(26)15-16-6-9-19(10-7-16)18-4-2-1-3-5-18/h1-11,14,24-25H,12-13,15H2,(H,23,26). The monoisotopic (exact) mass is 347 g/mol. The van der Waals surface area contributed by atoms with Gasteiger partial charge in [-0.25, -0.2) is 0 Å². The van der Waals surface area contributed by atoms with Gasteiger partial charge in [0.15, 0.2) is 11.5 Å². The van der Waals surface area contributed by atoms with Crippen molar-refractivity contribution in [3.8, 4) is 22.6 Å². The SMILES string of the molecule is O=C(Cc1ccc(-c2ccccc2)cc1)NCCc1ccc(O)c(O)c1. The fourth-order valence-corrected chi connectivity index (χ4v) is 2.76. The van der Waals surface area contributed by atoms with Crippen LogP contribution in [0.4, 0.5) is 0 Å². The molecule has 0 saturated carbocycles. The molecule has 0 bridgehead atoms. The average molecular weight is 347 g/mol. The summed E-state index contributed by atoms with van der Waals surface area (Å²) in [6, 6.07) is 22.8. The Morgan fingerprint density at radius 2 is 1.42 bits per heavy atom. The number of carbonyl (C=O) groups is 1. The molecule has 3 aromatic rings. The van der Waals surface area contributed by atoms with Crippen molar-refractivity contribution >= 4 is 5.91 Å². The van der Waals surface area contributed by atoms with Crippen LogP contribution in [0.3, 0.4) is 0 Å². The number of carbonyl (C=O) groups excluding carboxylic acids is 1. The molecule has 0 fully saturated rings. The van der Waals surface area contributed by atoms with E-state index in [9.17, 15) is 15.0 Å². The number of amides is 1. The second-order valence-electron chi connectivity index (χ2n) is 6.16. The predicted molar refractivity (Wildman–Crippen MR) is 102 cm³/mol. The summed E-state index contributed by atoms with van der Waals surface area (Å²) < 4.78 is 0. The first-order chi connectivity index (χ1) is 12.6. The lowest BCUT2D eigenvalue weighted by molar-refractivity contribution is -0.120. The van der Waals surface area contributed by atoms with Gasteiger partial charge in [-0.15, -0.1) is 0 Å². The molecule has 3 rings (SSSR count). The van der Waals surface area contributed by atoms with E-state index in [2.05, 4.69) is 17.4 Å². The molecule has 0 atom stereocenters. The highest BCUT2D eigenvalue weighted by Crippen LogP contribution is 2.24. The van der Waals surface area contributed by atoms with Crippen molar-refractivity contribution < 1.29 is 15.0 Å². The van der Waals surface area contributed by atoms with Crippen molar-refractivity contribution in [2.45, 2.75) is 12.8 Å². The Bertz CT molecular complexity index is 874. The second-order valence-corrected chi connectivity index (χ2v) is 6.16. The van der Waals surface area contributed by atoms with E-state index in [0.717, 1.165) is 22.3 Å². The Balaban J connectivity index is 1.49. The van der Waals surface area contributed by atoms with Crippen LogP contribution in [0.5, 0.6) is 11.5 Å². The smallest absolute Gasteiger partial charge is 0.224 e. The maximum Gasteiger partial charge on any atom is 0.224 e. The lowest BCUT2D eigenvalue weighted by Crippen LogP contribution is -2.27. The molecule has 4 nitrogen and oxygen atoms in total. The molecular weight excluding hydrogens is 326 g/mol. The van der Waals surface area contributed by atoms with E-state index < -0.39 is 0 Å². The first-order valence-corrected chi connectivity index (χ1v) is 8.54. The molecule has 0 unspecified atom stereocenters. The number of hydrogen-bond donors (Lipinski definition) is 3. The van der Waals surface area contributed by atoms with Crippen LogP contribution in [0.1, 0.15) is 11.1 Å². The third-order valence-corrected chi connectivity index (χ3v) is 4.20. The van der Waals surface area contributed by atoms with Gasteiger partial charge in [0.05, 0.1) is 6.42 Å². The van der Waals surface area contributed by atoms with Crippen molar-refractivity contribution in [1.82, 2.24) is 5.32 Å². The van der Waals surface area contributed by atoms with Crippen LogP contribution >= 0.6 is 0 Å². The van der Waals surface area contributed by atoms with Gasteiger partial charge in [0.1, 0.15) is 0 Å². The molecule has 0 heterocycles. The maximum absolute atomic E-state index is 12.1. The summed E-state index contributed by atoms with van der Waals surface area (Å²) in [7, 11) is 0. The van der Waals surface area contributed by atoms with Gasteiger partial charge in [0.25, 0.3) is 0 Å². The number of rotatable bonds is 6. The Morgan fingerprint density at radius 1 is 0.769 bits per heavy atom. The van der Waals surface area contributed by atoms with E-state index in [1.54, 1.807) is 6.07 Å². The quantitative estimate of drug-likeness (QED) is 0.596. The third kappa shape index (κ3) is 4.63. The Morgan fingerprint density at radius 3 is 2.12 bits per heavy atom. The molecule has 4 heteroatoms. The lowest BCUT2D eigenvalue weighted by Gasteiger charge is -2.07. The molecular formula is C22H21NO3. The van der Waals surface area contributed by atoms with Crippen LogP contribution in [0.15, 0.2) is 72.8 Å². The minimum absolute atomic E-state index is 0.0412. The number of aromatic hydroxyl groups is 2. The van der Waals surface area contributed by atoms with Gasteiger partial charge in [-0.1, -0.05) is 60.7 Å². The summed E-state index contributed by atoms with van der Waals surface area (Å²) >= 11 is 0. The van der Waals surface area contributed by atoms with Crippen molar-refractivity contribution in [2.24, 2.45) is 0 Å². The zero-order valence-electron chi connectivity index (χ0n) is 14.4. The zero-order chi connectivity index (χ0) is 18.4. The summed E-state index contributed by atoms with van der Waals surface area (Å²) in [6.07, 6.45) is 0.919. The summed E-state index contributed by atoms with van der Waals surface area (Å²) in [4.78, 5) is 12.1. The Hall–Kier alpha value is -3.27. The molecule has 26 heavy (non-hydrogen) atoms. The van der Waals surface area contributed by atoms with Crippen LogP contribution in [-0.2, 0) is 17.6 Å². The van der Waals surface area contributed by atoms with Crippen LogP contribution in [-0.4, -0.2) is 22.7 Å². The summed E-state index contributed by atoms with van der Waals surface area (Å²) in [6.45, 7) is 0.477. The molecule has 0 spiro atoms. The van der Waals surface area contributed by atoms with Crippen LogP contribution in [0, 0.1) is 0 Å². The zero-order valence-corrected chi connectivity index (χ0v) is 14.4. The Kier molecular flexibility index (Phi) is 5.54. The number of phenolic OH excluding ortho intramolecular Hbond substituents is 2. The summed E-state index contributed by atoms with van der Waals surface area (Å²) in [5.74, 6) is -0.329. The first kappa shape index (κ1) is 17.5. The molecule has 0 aliphatic rings. The molecule has 1 amide bonds. The Labute approximate surface area is 152 Å². The maximum atomic E-state index is 12.1. The van der Waals surface area contributed by atoms with E-state index in [4.69, 9.17) is 0 Å². The van der Waals surface area contributed by atoms with Crippen molar-refractivity contribution in [3.05, 3.63) is 83.9 Å². The summed E-state index contributed by atoms with van der Waals surface area (Å²) in [5.41, 5.74) is 4.10. The van der Waals surface area contributed by atoms with Gasteiger partial charge in [-0.2, -0.15) is 0 Å². The van der Waals surface area contributed by atoms with E-state index in [-0.39, 0.29) is 17.4 Å². The lowest BCUT2D eigenvalue weighted by atomic mass is 10.0. The summed E-state index contributed by atoms with van der Waals surface area (Å²) in [5, 5.41) is 21.6. The van der Waals surface area contributed by atoms with Crippen LogP contribution < -0.4 is 5.32 Å². The van der Waals surface area contributed by atoms with Gasteiger partial charge in [0, 0.05) is 6.54 Å². The third-order valence-electron chi connectivity index (χ3n) is 4.20. The van der Waals surface area contributed by atoms with E-state index in [0.29, 0.717) is 19.4 Å². The molecule has 0 saturated heterocycles. The molecule has 0 aliphatic heterocycles. The molecule has 3 N–H and O–H groups in total. The molecule has 3 aromatic carbocycles. The molecule has 0 aromatic heterocycles. The number of hydrogen-bond acceptors (Lipinski definition) is 3. The number of phenols is 2. The van der Waals surface area contributed by atoms with Gasteiger partial charge in [0.2, 0.25) is 5.91 Å². The molecule has 0 radical (unpaired) electrons. The predicted octanol–water partition coefficient (Wildman–Crippen LogP) is 3.67. The molecule has 132 valence electrons. The van der Waals surface area contributed by atoms with Crippen molar-refractivity contribution in [2.75, 3.05) is 6.54 Å². The fraction of sp³-hybridized carbons (Fsp3) is 0.136. The molecule has 0 aliphatic carbocycles.